The Morgan fingerprint density at radius 1 is 1.13 bits per heavy atom. The fraction of sp³-hybridized carbons (Fsp3) is 0.611. The number of rotatable bonds is 3. The molecule has 1 aromatic rings. The molecule has 0 saturated carbocycles. The lowest BCUT2D eigenvalue weighted by Crippen LogP contribution is -2.48. The van der Waals surface area contributed by atoms with E-state index in [1.807, 2.05) is 17.0 Å². The van der Waals surface area contributed by atoms with Gasteiger partial charge < -0.3 is 10.2 Å². The summed E-state index contributed by atoms with van der Waals surface area (Å²) < 4.78 is 0. The quantitative estimate of drug-likeness (QED) is 0.922. The zero-order valence-corrected chi connectivity index (χ0v) is 14.7. The molecule has 0 aliphatic carbocycles. The fourth-order valence-corrected chi connectivity index (χ4v) is 4.06. The van der Waals surface area contributed by atoms with Gasteiger partial charge in [-0.05, 0) is 44.0 Å². The number of likely N-dealkylation sites (N-methyl/N-ethyl adjacent to an activating group) is 1. The predicted molar refractivity (Wildman–Crippen MR) is 93.6 cm³/mol. The van der Waals surface area contributed by atoms with Crippen LogP contribution >= 0.6 is 11.6 Å². The average Bonchev–Trinajstić information content (AvgIpc) is 2.89. The van der Waals surface area contributed by atoms with Crippen molar-refractivity contribution in [3.05, 3.63) is 34.9 Å². The van der Waals surface area contributed by atoms with Crippen LogP contribution in [0.3, 0.4) is 0 Å². The van der Waals surface area contributed by atoms with E-state index in [0.717, 1.165) is 43.9 Å². The van der Waals surface area contributed by atoms with E-state index in [1.54, 1.807) is 6.92 Å². The summed E-state index contributed by atoms with van der Waals surface area (Å²) in [5, 5.41) is 4.65. The van der Waals surface area contributed by atoms with Crippen LogP contribution in [0, 0.1) is 0 Å². The van der Waals surface area contributed by atoms with Crippen LogP contribution in [-0.2, 0) is 4.79 Å². The van der Waals surface area contributed by atoms with Crippen molar-refractivity contribution in [3.8, 4) is 0 Å². The average molecular weight is 336 g/mol. The second kappa shape index (κ2) is 7.20. The van der Waals surface area contributed by atoms with Gasteiger partial charge in [0.2, 0.25) is 5.91 Å². The molecular weight excluding hydrogens is 310 g/mol. The number of carbonyl (C=O) groups is 1. The molecule has 2 fully saturated rings. The summed E-state index contributed by atoms with van der Waals surface area (Å²) in [7, 11) is 2.19. The van der Waals surface area contributed by atoms with Crippen LogP contribution in [0.5, 0.6) is 0 Å². The van der Waals surface area contributed by atoms with Crippen LogP contribution in [0.2, 0.25) is 5.02 Å². The number of hydrogen-bond donors (Lipinski definition) is 1. The molecule has 1 N–H and O–H groups in total. The van der Waals surface area contributed by atoms with E-state index in [1.165, 1.54) is 5.56 Å². The first-order chi connectivity index (χ1) is 11.0. The van der Waals surface area contributed by atoms with Crippen molar-refractivity contribution < 1.29 is 4.79 Å². The highest BCUT2D eigenvalue weighted by Gasteiger charge is 2.34. The van der Waals surface area contributed by atoms with Gasteiger partial charge in [-0.15, -0.1) is 0 Å². The highest BCUT2D eigenvalue weighted by atomic mass is 35.5. The van der Waals surface area contributed by atoms with Gasteiger partial charge in [0.05, 0.1) is 0 Å². The smallest absolute Gasteiger partial charge is 0.219 e. The Balaban J connectivity index is 1.63. The minimum atomic E-state index is 0.197. The van der Waals surface area contributed by atoms with Gasteiger partial charge in [-0.2, -0.15) is 0 Å². The van der Waals surface area contributed by atoms with E-state index < -0.39 is 0 Å². The first-order valence-electron chi connectivity index (χ1n) is 8.52. The summed E-state index contributed by atoms with van der Waals surface area (Å²) in [6, 6.07) is 9.62. The summed E-state index contributed by atoms with van der Waals surface area (Å²) in [5.41, 5.74) is 1.33. The molecule has 4 nitrogen and oxygen atoms in total. The van der Waals surface area contributed by atoms with Crippen LogP contribution in [0.25, 0.3) is 0 Å². The third kappa shape index (κ3) is 3.87. The number of hydrogen-bond acceptors (Lipinski definition) is 3. The number of nitrogens with zero attached hydrogens (tertiary/aromatic N) is 2. The Morgan fingerprint density at radius 3 is 2.39 bits per heavy atom. The van der Waals surface area contributed by atoms with E-state index in [4.69, 9.17) is 11.6 Å². The fourth-order valence-electron chi connectivity index (χ4n) is 3.93. The van der Waals surface area contributed by atoms with Gasteiger partial charge >= 0.3 is 0 Å². The highest BCUT2D eigenvalue weighted by Crippen LogP contribution is 2.32. The number of nitrogens with one attached hydrogen (secondary N) is 1. The molecule has 2 unspecified atom stereocenters. The van der Waals surface area contributed by atoms with Crippen LogP contribution < -0.4 is 5.32 Å². The van der Waals surface area contributed by atoms with E-state index in [-0.39, 0.29) is 5.91 Å². The van der Waals surface area contributed by atoms with E-state index >= 15 is 0 Å². The largest absolute Gasteiger partial charge is 0.343 e. The topological polar surface area (TPSA) is 35.6 Å². The Kier molecular flexibility index (Phi) is 5.24. The number of amides is 1. The van der Waals surface area contributed by atoms with Gasteiger partial charge in [0.25, 0.3) is 0 Å². The number of carbonyl (C=O) groups excluding carboxylic acids is 1. The van der Waals surface area contributed by atoms with Crippen molar-refractivity contribution in [2.75, 3.05) is 26.7 Å². The molecule has 0 aromatic heterocycles. The van der Waals surface area contributed by atoms with Crippen molar-refractivity contribution in [2.45, 2.75) is 44.3 Å². The van der Waals surface area contributed by atoms with E-state index in [9.17, 15) is 4.79 Å². The maximum absolute atomic E-state index is 11.4. The predicted octanol–water partition coefficient (Wildman–Crippen LogP) is 2.69. The lowest BCUT2D eigenvalue weighted by Gasteiger charge is -2.35. The van der Waals surface area contributed by atoms with Gasteiger partial charge in [0, 0.05) is 49.7 Å². The van der Waals surface area contributed by atoms with E-state index in [2.05, 4.69) is 29.4 Å². The maximum atomic E-state index is 11.4. The molecule has 2 atom stereocenters. The van der Waals surface area contributed by atoms with Crippen molar-refractivity contribution in [3.63, 3.8) is 0 Å². The molecule has 0 spiro atoms. The van der Waals surface area contributed by atoms with E-state index in [0.29, 0.717) is 18.1 Å². The highest BCUT2D eigenvalue weighted by molar-refractivity contribution is 6.30. The molecule has 2 heterocycles. The number of likely N-dealkylation sites (tertiary alicyclic amines) is 2. The lowest BCUT2D eigenvalue weighted by atomic mass is 9.97. The number of benzene rings is 1. The summed E-state index contributed by atoms with van der Waals surface area (Å²) in [6.45, 7) is 4.52. The minimum absolute atomic E-state index is 0.197. The molecule has 1 aromatic carbocycles. The van der Waals surface area contributed by atoms with Crippen molar-refractivity contribution in [2.24, 2.45) is 0 Å². The Bertz CT molecular complexity index is 540. The van der Waals surface area contributed by atoms with Gasteiger partial charge in [0.1, 0.15) is 0 Å². The monoisotopic (exact) mass is 335 g/mol. The first kappa shape index (κ1) is 16.7. The molecule has 126 valence electrons. The van der Waals surface area contributed by atoms with Crippen molar-refractivity contribution in [1.29, 1.82) is 0 Å². The second-order valence-corrected chi connectivity index (χ2v) is 7.26. The van der Waals surface area contributed by atoms with Gasteiger partial charge in [0.15, 0.2) is 0 Å². The van der Waals surface area contributed by atoms with Crippen molar-refractivity contribution in [1.82, 2.24) is 15.1 Å². The molecule has 2 aliphatic heterocycles. The van der Waals surface area contributed by atoms with Crippen LogP contribution in [-0.4, -0.2) is 54.5 Å². The summed E-state index contributed by atoms with van der Waals surface area (Å²) >= 11 is 6.02. The first-order valence-corrected chi connectivity index (χ1v) is 8.89. The zero-order valence-electron chi connectivity index (χ0n) is 14.0. The molecule has 0 radical (unpaired) electrons. The molecular formula is C18H26ClN3O. The molecule has 2 aliphatic rings. The summed E-state index contributed by atoms with van der Waals surface area (Å²) in [6.07, 6.45) is 3.26. The molecule has 0 bridgehead atoms. The van der Waals surface area contributed by atoms with Crippen LogP contribution in [0.1, 0.15) is 37.8 Å². The third-order valence-electron chi connectivity index (χ3n) is 5.25. The van der Waals surface area contributed by atoms with Crippen molar-refractivity contribution >= 4 is 17.5 Å². The number of halogens is 1. The number of piperidine rings is 1. The van der Waals surface area contributed by atoms with Gasteiger partial charge in [-0.25, -0.2) is 0 Å². The van der Waals surface area contributed by atoms with Crippen LogP contribution in [0.15, 0.2) is 24.3 Å². The molecule has 5 heteroatoms. The molecule has 2 saturated heterocycles. The third-order valence-corrected chi connectivity index (χ3v) is 5.50. The molecule has 1 amide bonds. The maximum Gasteiger partial charge on any atom is 0.219 e. The lowest BCUT2D eigenvalue weighted by molar-refractivity contribution is -0.129. The standard InChI is InChI=1S/C18H26ClN3O/c1-13(23)22-11-7-16(8-12-22)20-17-9-10-21(2)18(17)14-3-5-15(19)6-4-14/h3-6,16-18,20H,7-12H2,1-2H3. The Hall–Kier alpha value is -1.10. The molecule has 3 rings (SSSR count). The normalized spacial score (nSPS) is 26.7. The minimum Gasteiger partial charge on any atom is -0.343 e. The SMILES string of the molecule is CC(=O)N1CCC(NC2CCN(C)C2c2ccc(Cl)cc2)CC1. The van der Waals surface area contributed by atoms with Gasteiger partial charge in [-0.1, -0.05) is 23.7 Å². The zero-order chi connectivity index (χ0) is 16.4. The molecule has 23 heavy (non-hydrogen) atoms. The van der Waals surface area contributed by atoms with Gasteiger partial charge in [-0.3, -0.25) is 9.69 Å². The Morgan fingerprint density at radius 2 is 1.78 bits per heavy atom. The summed E-state index contributed by atoms with van der Waals surface area (Å²) in [4.78, 5) is 15.8. The Labute approximate surface area is 143 Å². The summed E-state index contributed by atoms with van der Waals surface area (Å²) in [5.74, 6) is 0.197. The second-order valence-electron chi connectivity index (χ2n) is 6.82. The van der Waals surface area contributed by atoms with Crippen LogP contribution in [0.4, 0.5) is 0 Å².